The van der Waals surface area contributed by atoms with E-state index in [1.807, 2.05) is 18.2 Å². The van der Waals surface area contributed by atoms with Crippen molar-refractivity contribution in [2.24, 2.45) is 11.7 Å². The fourth-order valence-electron chi connectivity index (χ4n) is 2.33. The third kappa shape index (κ3) is 4.90. The normalized spacial score (nSPS) is 21.0. The molecule has 1 aromatic heterocycles. The van der Waals surface area contributed by atoms with Gasteiger partial charge in [0.1, 0.15) is 0 Å². The average Bonchev–Trinajstić information content (AvgIpc) is 2.73. The minimum Gasteiger partial charge on any atom is -0.391 e. The Balaban J connectivity index is 0.00000180. The molecule has 1 aliphatic heterocycles. The molecule has 0 radical (unpaired) electrons. The molecular formula is C13H21Cl2N3O2. The van der Waals surface area contributed by atoms with Gasteiger partial charge in [-0.2, -0.15) is 0 Å². The Morgan fingerprint density at radius 2 is 2.15 bits per heavy atom. The van der Waals surface area contributed by atoms with Gasteiger partial charge in [0.05, 0.1) is 6.10 Å². The smallest absolute Gasteiger partial charge is 0.223 e. The van der Waals surface area contributed by atoms with Crippen LogP contribution in [0.5, 0.6) is 0 Å². The number of amides is 1. The molecule has 114 valence electrons. The summed E-state index contributed by atoms with van der Waals surface area (Å²) in [5.41, 5.74) is 6.32. The van der Waals surface area contributed by atoms with Crippen molar-refractivity contribution >= 4 is 30.7 Å². The number of carbonyl (C=O) groups is 1. The van der Waals surface area contributed by atoms with Crippen molar-refractivity contribution in [1.29, 1.82) is 0 Å². The number of aliphatic hydroxyl groups excluding tert-OH is 1. The highest BCUT2D eigenvalue weighted by molar-refractivity contribution is 5.85. The second kappa shape index (κ2) is 9.13. The van der Waals surface area contributed by atoms with E-state index in [0.717, 1.165) is 5.69 Å². The fraction of sp³-hybridized carbons (Fsp3) is 0.538. The van der Waals surface area contributed by atoms with Gasteiger partial charge in [0, 0.05) is 43.9 Å². The molecule has 0 aromatic carbocycles. The van der Waals surface area contributed by atoms with Crippen LogP contribution in [0.15, 0.2) is 24.4 Å². The van der Waals surface area contributed by atoms with Gasteiger partial charge in [-0.1, -0.05) is 6.07 Å². The Kier molecular flexibility index (Phi) is 8.73. The Labute approximate surface area is 131 Å². The molecule has 2 atom stereocenters. The lowest BCUT2D eigenvalue weighted by Gasteiger charge is -2.15. The quantitative estimate of drug-likeness (QED) is 0.852. The second-order valence-electron chi connectivity index (χ2n) is 4.69. The third-order valence-corrected chi connectivity index (χ3v) is 3.31. The maximum absolute atomic E-state index is 11.7. The maximum Gasteiger partial charge on any atom is 0.223 e. The van der Waals surface area contributed by atoms with E-state index in [-0.39, 0.29) is 36.6 Å². The summed E-state index contributed by atoms with van der Waals surface area (Å²) in [5.74, 6) is 0.0988. The lowest BCUT2D eigenvalue weighted by molar-refractivity contribution is -0.130. The molecular weight excluding hydrogens is 301 g/mol. The molecule has 2 heterocycles. The number of aliphatic hydroxyl groups is 1. The van der Waals surface area contributed by atoms with Crippen LogP contribution in [-0.4, -0.2) is 46.6 Å². The number of likely N-dealkylation sites (tertiary alicyclic amines) is 1. The van der Waals surface area contributed by atoms with Gasteiger partial charge in [0.2, 0.25) is 5.91 Å². The summed E-state index contributed by atoms with van der Waals surface area (Å²) in [6, 6.07) is 5.74. The summed E-state index contributed by atoms with van der Waals surface area (Å²) in [5, 5.41) is 9.98. The number of nitrogens with two attached hydrogens (primary N) is 1. The number of hydrogen-bond acceptors (Lipinski definition) is 4. The third-order valence-electron chi connectivity index (χ3n) is 3.31. The van der Waals surface area contributed by atoms with Crippen LogP contribution >= 0.6 is 24.8 Å². The van der Waals surface area contributed by atoms with Gasteiger partial charge in [0.15, 0.2) is 0 Å². The molecule has 5 nitrogen and oxygen atoms in total. The molecule has 1 saturated heterocycles. The van der Waals surface area contributed by atoms with Crippen molar-refractivity contribution in [2.75, 3.05) is 19.6 Å². The van der Waals surface area contributed by atoms with Gasteiger partial charge < -0.3 is 15.7 Å². The summed E-state index contributed by atoms with van der Waals surface area (Å²) < 4.78 is 0. The Morgan fingerprint density at radius 1 is 1.40 bits per heavy atom. The molecule has 2 rings (SSSR count). The van der Waals surface area contributed by atoms with Crippen molar-refractivity contribution < 1.29 is 9.90 Å². The molecule has 1 aliphatic rings. The van der Waals surface area contributed by atoms with Crippen molar-refractivity contribution in [1.82, 2.24) is 9.88 Å². The lowest BCUT2D eigenvalue weighted by Crippen LogP contribution is -2.31. The second-order valence-corrected chi connectivity index (χ2v) is 4.69. The highest BCUT2D eigenvalue weighted by Crippen LogP contribution is 2.21. The van der Waals surface area contributed by atoms with Crippen LogP contribution in [-0.2, 0) is 11.2 Å². The van der Waals surface area contributed by atoms with Crippen molar-refractivity contribution in [2.45, 2.75) is 18.9 Å². The van der Waals surface area contributed by atoms with Crippen LogP contribution in [0.25, 0.3) is 0 Å². The van der Waals surface area contributed by atoms with Crippen molar-refractivity contribution in [3.8, 4) is 0 Å². The summed E-state index contributed by atoms with van der Waals surface area (Å²) in [6.45, 7) is 1.36. The van der Waals surface area contributed by atoms with Gasteiger partial charge in [-0.05, 0) is 18.6 Å². The first kappa shape index (κ1) is 19.1. The van der Waals surface area contributed by atoms with E-state index in [4.69, 9.17) is 5.73 Å². The number of pyridine rings is 1. The summed E-state index contributed by atoms with van der Waals surface area (Å²) >= 11 is 0. The molecule has 1 fully saturated rings. The van der Waals surface area contributed by atoms with Gasteiger partial charge in [-0.15, -0.1) is 24.8 Å². The summed E-state index contributed by atoms with van der Waals surface area (Å²) in [4.78, 5) is 17.7. The number of halogens is 2. The molecule has 0 bridgehead atoms. The van der Waals surface area contributed by atoms with E-state index < -0.39 is 6.10 Å². The molecule has 1 amide bonds. The van der Waals surface area contributed by atoms with Gasteiger partial charge in [-0.25, -0.2) is 0 Å². The Hall–Kier alpha value is -0.880. The lowest BCUT2D eigenvalue weighted by atomic mass is 10.00. The first-order chi connectivity index (χ1) is 8.70. The summed E-state index contributed by atoms with van der Waals surface area (Å²) in [7, 11) is 0. The van der Waals surface area contributed by atoms with Crippen molar-refractivity contribution in [3.05, 3.63) is 30.1 Å². The number of β-amino-alcohol motifs (C(OH)–C–C–N with tert-alkyl or cyclic N) is 1. The minimum absolute atomic E-state index is 0. The van der Waals surface area contributed by atoms with Gasteiger partial charge >= 0.3 is 0 Å². The van der Waals surface area contributed by atoms with E-state index >= 15 is 0 Å². The fourth-order valence-corrected chi connectivity index (χ4v) is 2.33. The first-order valence-corrected chi connectivity index (χ1v) is 6.26. The van der Waals surface area contributed by atoms with E-state index in [1.54, 1.807) is 11.1 Å². The number of aromatic nitrogens is 1. The number of nitrogens with zero attached hydrogens (tertiary/aromatic N) is 2. The molecule has 0 aliphatic carbocycles. The molecule has 20 heavy (non-hydrogen) atoms. The number of carbonyl (C=O) groups excluding carboxylic acids is 1. The van der Waals surface area contributed by atoms with E-state index in [2.05, 4.69) is 4.98 Å². The predicted molar refractivity (Wildman–Crippen MR) is 82.2 cm³/mol. The summed E-state index contributed by atoms with van der Waals surface area (Å²) in [6.07, 6.45) is 2.33. The zero-order valence-corrected chi connectivity index (χ0v) is 12.8. The zero-order valence-electron chi connectivity index (χ0n) is 11.1. The number of hydrogen-bond donors (Lipinski definition) is 2. The first-order valence-electron chi connectivity index (χ1n) is 6.26. The van der Waals surface area contributed by atoms with Crippen molar-refractivity contribution in [3.63, 3.8) is 0 Å². The Bertz CT molecular complexity index is 406. The van der Waals surface area contributed by atoms with Crippen LogP contribution in [0.2, 0.25) is 0 Å². The standard InChI is InChI=1S/C13H19N3O2.2ClH/c14-5-4-13(18)16-8-10(12(17)9-16)7-11-3-1-2-6-15-11;;/h1-3,6,10,12,17H,4-5,7-9,14H2;2*1H/t10-,12-;;/m1../s1. The zero-order chi connectivity index (χ0) is 13.0. The van der Waals surface area contributed by atoms with E-state index in [9.17, 15) is 9.90 Å². The van der Waals surface area contributed by atoms with Gasteiger partial charge in [-0.3, -0.25) is 9.78 Å². The van der Waals surface area contributed by atoms with Crippen LogP contribution in [0, 0.1) is 5.92 Å². The maximum atomic E-state index is 11.7. The SMILES string of the molecule is Cl.Cl.NCCC(=O)N1C[C@@H](Cc2ccccn2)[C@H](O)C1. The highest BCUT2D eigenvalue weighted by Gasteiger charge is 2.33. The Morgan fingerprint density at radius 3 is 2.75 bits per heavy atom. The largest absolute Gasteiger partial charge is 0.391 e. The van der Waals surface area contributed by atoms with Crippen LogP contribution in [0.4, 0.5) is 0 Å². The van der Waals surface area contributed by atoms with Crippen LogP contribution < -0.4 is 5.73 Å². The molecule has 3 N–H and O–H groups in total. The number of rotatable bonds is 4. The molecule has 7 heteroatoms. The topological polar surface area (TPSA) is 79.5 Å². The van der Waals surface area contributed by atoms with E-state index in [0.29, 0.717) is 32.5 Å². The average molecular weight is 322 g/mol. The molecule has 0 spiro atoms. The van der Waals surface area contributed by atoms with Gasteiger partial charge in [0.25, 0.3) is 0 Å². The molecule has 1 aromatic rings. The molecule has 0 unspecified atom stereocenters. The van der Waals surface area contributed by atoms with Crippen LogP contribution in [0.3, 0.4) is 0 Å². The highest BCUT2D eigenvalue weighted by atomic mass is 35.5. The molecule has 0 saturated carbocycles. The minimum atomic E-state index is -0.464. The monoisotopic (exact) mass is 321 g/mol. The predicted octanol–water partition coefficient (Wildman–Crippen LogP) is 0.636. The van der Waals surface area contributed by atoms with Crippen LogP contribution in [0.1, 0.15) is 12.1 Å². The van der Waals surface area contributed by atoms with E-state index in [1.165, 1.54) is 0 Å².